The summed E-state index contributed by atoms with van der Waals surface area (Å²) in [4.78, 5) is 25.5. The molecule has 0 radical (unpaired) electrons. The minimum Gasteiger partial charge on any atom is -0.375 e. The predicted octanol–water partition coefficient (Wildman–Crippen LogP) is 0.657. The Morgan fingerprint density at radius 2 is 2.04 bits per heavy atom. The van der Waals surface area contributed by atoms with E-state index in [0.717, 1.165) is 56.0 Å². The van der Waals surface area contributed by atoms with Gasteiger partial charge in [0.25, 0.3) is 0 Å². The van der Waals surface area contributed by atoms with Gasteiger partial charge in [-0.25, -0.2) is 9.97 Å². The average Bonchev–Trinajstić information content (AvgIpc) is 2.68. The highest BCUT2D eigenvalue weighted by molar-refractivity contribution is 5.89. The molecule has 0 saturated carbocycles. The van der Waals surface area contributed by atoms with Crippen LogP contribution in [-0.2, 0) is 9.53 Å². The fourth-order valence-corrected chi connectivity index (χ4v) is 3.48. The summed E-state index contributed by atoms with van der Waals surface area (Å²) in [5, 5.41) is 4.33. The molecule has 2 fully saturated rings. The van der Waals surface area contributed by atoms with Gasteiger partial charge in [-0.2, -0.15) is 0 Å². The first-order valence-electron chi connectivity index (χ1n) is 8.86. The molecule has 3 heterocycles. The summed E-state index contributed by atoms with van der Waals surface area (Å²) in [6.07, 6.45) is 2.08. The average molecular weight is 341 g/mol. The smallest absolute Gasteiger partial charge is 0.225 e. The number of rotatable bonds is 3. The van der Waals surface area contributed by atoms with Crippen molar-refractivity contribution in [2.45, 2.75) is 12.5 Å². The molecule has 0 unspecified atom stereocenters. The Bertz CT molecular complexity index is 734. The van der Waals surface area contributed by atoms with Crippen molar-refractivity contribution < 1.29 is 9.53 Å². The molecular formula is C18H23N5O2. The monoisotopic (exact) mass is 341 g/mol. The number of nitrogens with one attached hydrogen (secondary N) is 1. The number of fused-ring (bicyclic) bond motifs is 1. The lowest BCUT2D eigenvalue weighted by molar-refractivity contribution is -0.135. The van der Waals surface area contributed by atoms with Gasteiger partial charge in [0.2, 0.25) is 5.91 Å². The third kappa shape index (κ3) is 3.57. The van der Waals surface area contributed by atoms with Crippen LogP contribution in [-0.4, -0.2) is 72.8 Å². The maximum absolute atomic E-state index is 12.5. The van der Waals surface area contributed by atoms with Gasteiger partial charge in [-0.05, 0) is 12.1 Å². The van der Waals surface area contributed by atoms with Crippen LogP contribution in [0.25, 0.3) is 10.9 Å². The maximum Gasteiger partial charge on any atom is 0.225 e. The number of piperazine rings is 1. The van der Waals surface area contributed by atoms with Crippen LogP contribution in [0, 0.1) is 0 Å². The third-order valence-corrected chi connectivity index (χ3v) is 4.86. The van der Waals surface area contributed by atoms with Crippen molar-refractivity contribution in [2.75, 3.05) is 50.8 Å². The first-order chi connectivity index (χ1) is 12.3. The van der Waals surface area contributed by atoms with E-state index in [1.807, 2.05) is 23.1 Å². The predicted molar refractivity (Wildman–Crippen MR) is 95.6 cm³/mol. The zero-order valence-electron chi connectivity index (χ0n) is 14.2. The molecule has 0 spiro atoms. The molecule has 2 aliphatic heterocycles. The number of ether oxygens (including phenoxy) is 1. The van der Waals surface area contributed by atoms with Crippen LogP contribution in [0.4, 0.5) is 5.82 Å². The molecule has 4 rings (SSSR count). The van der Waals surface area contributed by atoms with E-state index in [-0.39, 0.29) is 12.0 Å². The number of amides is 1. The number of para-hydroxylation sites is 1. The van der Waals surface area contributed by atoms with Crippen LogP contribution >= 0.6 is 0 Å². The summed E-state index contributed by atoms with van der Waals surface area (Å²) < 4.78 is 5.64. The Morgan fingerprint density at radius 3 is 2.84 bits per heavy atom. The first kappa shape index (κ1) is 16.2. The zero-order chi connectivity index (χ0) is 17.1. The molecule has 1 atom stereocenters. The summed E-state index contributed by atoms with van der Waals surface area (Å²) in [5.74, 6) is 1.14. The lowest BCUT2D eigenvalue weighted by atomic mass is 10.1. The molecule has 0 aliphatic carbocycles. The van der Waals surface area contributed by atoms with Gasteiger partial charge in [-0.3, -0.25) is 4.79 Å². The molecule has 1 N–H and O–H groups in total. The Balaban J connectivity index is 1.38. The van der Waals surface area contributed by atoms with Crippen LogP contribution < -0.4 is 10.2 Å². The van der Waals surface area contributed by atoms with Gasteiger partial charge in [0.15, 0.2) is 0 Å². The molecule has 7 nitrogen and oxygen atoms in total. The summed E-state index contributed by atoms with van der Waals surface area (Å²) in [7, 11) is 0. The normalized spacial score (nSPS) is 21.5. The van der Waals surface area contributed by atoms with Gasteiger partial charge in [0.05, 0.1) is 24.6 Å². The molecule has 7 heteroatoms. The second-order valence-corrected chi connectivity index (χ2v) is 6.48. The molecule has 1 aromatic heterocycles. The molecule has 2 aliphatic rings. The second kappa shape index (κ2) is 7.33. The van der Waals surface area contributed by atoms with E-state index in [4.69, 9.17) is 4.74 Å². The minimum atomic E-state index is 0.00471. The van der Waals surface area contributed by atoms with Gasteiger partial charge in [0, 0.05) is 44.7 Å². The fourth-order valence-electron chi connectivity index (χ4n) is 3.48. The summed E-state index contributed by atoms with van der Waals surface area (Å²) in [6.45, 7) is 5.34. The van der Waals surface area contributed by atoms with Crippen molar-refractivity contribution in [2.24, 2.45) is 0 Å². The van der Waals surface area contributed by atoms with Crippen LogP contribution in [0.5, 0.6) is 0 Å². The highest BCUT2D eigenvalue weighted by Gasteiger charge is 2.26. The number of hydrogen-bond acceptors (Lipinski definition) is 6. The molecule has 132 valence electrons. The third-order valence-electron chi connectivity index (χ3n) is 4.86. The summed E-state index contributed by atoms with van der Waals surface area (Å²) in [6, 6.07) is 8.04. The highest BCUT2D eigenvalue weighted by atomic mass is 16.5. The van der Waals surface area contributed by atoms with Gasteiger partial charge < -0.3 is 19.9 Å². The van der Waals surface area contributed by atoms with Crippen molar-refractivity contribution in [1.82, 2.24) is 20.2 Å². The summed E-state index contributed by atoms with van der Waals surface area (Å²) in [5.41, 5.74) is 0.952. The Kier molecular flexibility index (Phi) is 4.76. The van der Waals surface area contributed by atoms with E-state index in [9.17, 15) is 4.79 Å². The van der Waals surface area contributed by atoms with Crippen molar-refractivity contribution in [3.05, 3.63) is 30.6 Å². The van der Waals surface area contributed by atoms with Gasteiger partial charge >= 0.3 is 0 Å². The maximum atomic E-state index is 12.5. The molecule has 1 aromatic carbocycles. The number of morpholine rings is 1. The number of carbonyl (C=O) groups excluding carboxylic acids is 1. The molecular weight excluding hydrogens is 318 g/mol. The largest absolute Gasteiger partial charge is 0.375 e. The number of benzene rings is 1. The van der Waals surface area contributed by atoms with Gasteiger partial charge in [-0.1, -0.05) is 12.1 Å². The van der Waals surface area contributed by atoms with Gasteiger partial charge in [0.1, 0.15) is 12.1 Å². The van der Waals surface area contributed by atoms with E-state index >= 15 is 0 Å². The van der Waals surface area contributed by atoms with E-state index in [2.05, 4.69) is 26.3 Å². The number of nitrogens with zero attached hydrogens (tertiary/aromatic N) is 4. The topological polar surface area (TPSA) is 70.6 Å². The van der Waals surface area contributed by atoms with E-state index in [0.29, 0.717) is 13.0 Å². The van der Waals surface area contributed by atoms with Crippen molar-refractivity contribution in [3.8, 4) is 0 Å². The Morgan fingerprint density at radius 1 is 1.20 bits per heavy atom. The first-order valence-corrected chi connectivity index (χ1v) is 8.86. The molecule has 1 amide bonds. The van der Waals surface area contributed by atoms with Crippen molar-refractivity contribution in [1.29, 1.82) is 0 Å². The summed E-state index contributed by atoms with van der Waals surface area (Å²) >= 11 is 0. The number of aromatic nitrogens is 2. The SMILES string of the molecule is O=C(C[C@@H]1CNCCO1)N1CCN(c2ncnc3ccccc23)CC1. The molecule has 0 bridgehead atoms. The quantitative estimate of drug-likeness (QED) is 0.884. The van der Waals surface area contributed by atoms with Crippen LogP contribution in [0.2, 0.25) is 0 Å². The van der Waals surface area contributed by atoms with Crippen LogP contribution in [0.15, 0.2) is 30.6 Å². The number of anilines is 1. The minimum absolute atomic E-state index is 0.00471. The van der Waals surface area contributed by atoms with Crippen molar-refractivity contribution >= 4 is 22.6 Å². The Hall–Kier alpha value is -2.25. The zero-order valence-corrected chi connectivity index (χ0v) is 14.2. The highest BCUT2D eigenvalue weighted by Crippen LogP contribution is 2.23. The van der Waals surface area contributed by atoms with E-state index < -0.39 is 0 Å². The fraction of sp³-hybridized carbons (Fsp3) is 0.500. The van der Waals surface area contributed by atoms with E-state index in [1.54, 1.807) is 6.33 Å². The van der Waals surface area contributed by atoms with E-state index in [1.165, 1.54) is 0 Å². The van der Waals surface area contributed by atoms with Crippen LogP contribution in [0.1, 0.15) is 6.42 Å². The standard InChI is InChI=1S/C18H23N5O2/c24-17(11-14-12-19-5-10-25-14)22-6-8-23(9-7-22)18-15-3-1-2-4-16(15)20-13-21-18/h1-4,13-14,19H,5-12H2/t14-/m1/s1. The number of carbonyl (C=O) groups is 1. The second-order valence-electron chi connectivity index (χ2n) is 6.48. The Labute approximate surface area is 147 Å². The van der Waals surface area contributed by atoms with Gasteiger partial charge in [-0.15, -0.1) is 0 Å². The molecule has 2 aromatic rings. The lowest BCUT2D eigenvalue weighted by Gasteiger charge is -2.36. The van der Waals surface area contributed by atoms with Crippen molar-refractivity contribution in [3.63, 3.8) is 0 Å². The number of hydrogen-bond donors (Lipinski definition) is 1. The lowest BCUT2D eigenvalue weighted by Crippen LogP contribution is -2.50. The molecule has 25 heavy (non-hydrogen) atoms. The van der Waals surface area contributed by atoms with Crippen LogP contribution in [0.3, 0.4) is 0 Å². The molecule has 2 saturated heterocycles.